The molecule has 1 fully saturated rings. The molecule has 0 N–H and O–H groups in total. The first-order valence-electron chi connectivity index (χ1n) is 8.59. The molecule has 9 heteroatoms. The number of ether oxygens (including phenoxy) is 2. The van der Waals surface area contributed by atoms with Crippen molar-refractivity contribution in [1.82, 2.24) is 4.31 Å². The molecule has 0 spiro atoms. The molecule has 1 aliphatic heterocycles. The van der Waals surface area contributed by atoms with Crippen LogP contribution in [0, 0.1) is 0 Å². The Morgan fingerprint density at radius 1 is 1.04 bits per heavy atom. The van der Waals surface area contributed by atoms with E-state index < -0.39 is 27.8 Å². The molecule has 0 amide bonds. The number of nitrogens with zero attached hydrogens (tertiary/aromatic N) is 1. The van der Waals surface area contributed by atoms with E-state index in [0.717, 1.165) is 24.3 Å². The van der Waals surface area contributed by atoms with E-state index in [1.165, 1.54) is 18.5 Å². The molecule has 1 atom stereocenters. The second kappa shape index (κ2) is 7.63. The predicted molar refractivity (Wildman–Crippen MR) is 96.9 cm³/mol. The fraction of sp³-hybridized carbons (Fsp3) is 0.368. The highest BCUT2D eigenvalue weighted by Gasteiger charge is 2.38. The molecule has 0 aliphatic carbocycles. The van der Waals surface area contributed by atoms with Crippen LogP contribution >= 0.6 is 0 Å². The maximum absolute atomic E-state index is 13.1. The Labute approximate surface area is 161 Å². The molecular formula is C19H20F3NO4S. The minimum atomic E-state index is -4.52. The number of methoxy groups -OCH3 is 2. The van der Waals surface area contributed by atoms with E-state index in [4.69, 9.17) is 9.47 Å². The van der Waals surface area contributed by atoms with Gasteiger partial charge in [0.25, 0.3) is 0 Å². The van der Waals surface area contributed by atoms with Gasteiger partial charge in [-0.15, -0.1) is 0 Å². The molecule has 0 bridgehead atoms. The largest absolute Gasteiger partial charge is 0.497 e. The van der Waals surface area contributed by atoms with Crippen LogP contribution in [0.25, 0.3) is 0 Å². The van der Waals surface area contributed by atoms with Crippen LogP contribution in [0.4, 0.5) is 13.2 Å². The molecule has 0 saturated carbocycles. The van der Waals surface area contributed by atoms with Crippen molar-refractivity contribution in [3.8, 4) is 11.5 Å². The van der Waals surface area contributed by atoms with Crippen molar-refractivity contribution in [2.75, 3.05) is 20.8 Å². The molecule has 0 unspecified atom stereocenters. The van der Waals surface area contributed by atoms with Crippen LogP contribution in [-0.2, 0) is 16.2 Å². The Morgan fingerprint density at radius 2 is 1.71 bits per heavy atom. The zero-order valence-electron chi connectivity index (χ0n) is 15.4. The van der Waals surface area contributed by atoms with Gasteiger partial charge in [-0.2, -0.15) is 17.5 Å². The summed E-state index contributed by atoms with van der Waals surface area (Å²) in [7, 11) is -0.967. The molecule has 2 aromatic carbocycles. The van der Waals surface area contributed by atoms with Crippen LogP contribution in [0.1, 0.15) is 30.0 Å². The van der Waals surface area contributed by atoms with Crippen molar-refractivity contribution in [3.05, 3.63) is 53.6 Å². The number of rotatable bonds is 5. The van der Waals surface area contributed by atoms with E-state index in [-0.39, 0.29) is 11.4 Å². The third-order valence-electron chi connectivity index (χ3n) is 4.79. The molecule has 1 heterocycles. The number of benzene rings is 2. The fourth-order valence-corrected chi connectivity index (χ4v) is 5.06. The van der Waals surface area contributed by atoms with E-state index in [9.17, 15) is 21.6 Å². The second-order valence-corrected chi connectivity index (χ2v) is 8.29. The lowest BCUT2D eigenvalue weighted by Gasteiger charge is -2.26. The van der Waals surface area contributed by atoms with Crippen LogP contribution < -0.4 is 9.47 Å². The van der Waals surface area contributed by atoms with Crippen LogP contribution in [0.3, 0.4) is 0 Å². The molecule has 0 radical (unpaired) electrons. The number of sulfonamides is 1. The summed E-state index contributed by atoms with van der Waals surface area (Å²) in [5.74, 6) is 1.09. The minimum absolute atomic E-state index is 0.172. The maximum atomic E-state index is 13.1. The standard InChI is InChI=1S/C19H20F3NO4S/c1-26-14-7-10-18(27-2)16(12-14)17-4-3-11-23(17)28(24,25)15-8-5-13(6-9-15)19(20,21)22/h5-10,12,17H,3-4,11H2,1-2H3/t17-/m1/s1. The van der Waals surface area contributed by atoms with Gasteiger partial charge in [-0.25, -0.2) is 8.42 Å². The molecule has 152 valence electrons. The first-order valence-corrected chi connectivity index (χ1v) is 10.0. The first-order chi connectivity index (χ1) is 13.2. The Kier molecular flexibility index (Phi) is 5.58. The highest BCUT2D eigenvalue weighted by atomic mass is 32.2. The molecular weight excluding hydrogens is 395 g/mol. The van der Waals surface area contributed by atoms with E-state index in [1.54, 1.807) is 18.2 Å². The highest BCUT2D eigenvalue weighted by molar-refractivity contribution is 7.89. The monoisotopic (exact) mass is 415 g/mol. The normalized spacial score (nSPS) is 18.2. The molecule has 0 aromatic heterocycles. The zero-order valence-corrected chi connectivity index (χ0v) is 16.2. The summed E-state index contributed by atoms with van der Waals surface area (Å²) in [5.41, 5.74) is -0.228. The van der Waals surface area contributed by atoms with E-state index in [2.05, 4.69) is 0 Å². The summed E-state index contributed by atoms with van der Waals surface area (Å²) < 4.78 is 76.4. The van der Waals surface area contributed by atoms with E-state index in [0.29, 0.717) is 29.9 Å². The van der Waals surface area contributed by atoms with Gasteiger partial charge in [0.2, 0.25) is 10.0 Å². The quantitative estimate of drug-likeness (QED) is 0.733. The first kappa shape index (κ1) is 20.5. The Hall–Kier alpha value is -2.26. The van der Waals surface area contributed by atoms with Crippen molar-refractivity contribution < 1.29 is 31.1 Å². The van der Waals surface area contributed by atoms with E-state index in [1.807, 2.05) is 0 Å². The third-order valence-corrected chi connectivity index (χ3v) is 6.71. The fourth-order valence-electron chi connectivity index (χ4n) is 3.39. The summed E-state index contributed by atoms with van der Waals surface area (Å²) in [5, 5.41) is 0. The van der Waals surface area contributed by atoms with Gasteiger partial charge in [0, 0.05) is 12.1 Å². The average molecular weight is 415 g/mol. The summed E-state index contributed by atoms with van der Waals surface area (Å²) >= 11 is 0. The van der Waals surface area contributed by atoms with Crippen molar-refractivity contribution in [2.24, 2.45) is 0 Å². The molecule has 1 aliphatic rings. The van der Waals surface area contributed by atoms with Crippen molar-refractivity contribution in [3.63, 3.8) is 0 Å². The lowest BCUT2D eigenvalue weighted by molar-refractivity contribution is -0.137. The smallest absolute Gasteiger partial charge is 0.416 e. The SMILES string of the molecule is COc1ccc(OC)c([C@H]2CCCN2S(=O)(=O)c2ccc(C(F)(F)F)cc2)c1. The van der Waals surface area contributed by atoms with Crippen LogP contribution in [0.2, 0.25) is 0 Å². The molecule has 28 heavy (non-hydrogen) atoms. The van der Waals surface area contributed by atoms with Crippen LogP contribution in [0.15, 0.2) is 47.4 Å². The zero-order chi connectivity index (χ0) is 20.5. The average Bonchev–Trinajstić information content (AvgIpc) is 3.17. The van der Waals surface area contributed by atoms with Gasteiger partial charge in [0.15, 0.2) is 0 Å². The van der Waals surface area contributed by atoms with Crippen LogP contribution in [-0.4, -0.2) is 33.5 Å². The Balaban J connectivity index is 1.98. The summed E-state index contributed by atoms with van der Waals surface area (Å²) in [6, 6.07) is 8.21. The van der Waals surface area contributed by atoms with Gasteiger partial charge in [-0.3, -0.25) is 0 Å². The van der Waals surface area contributed by atoms with Gasteiger partial charge in [0.05, 0.1) is 30.7 Å². The van der Waals surface area contributed by atoms with Crippen LogP contribution in [0.5, 0.6) is 11.5 Å². The highest BCUT2D eigenvalue weighted by Crippen LogP contribution is 2.42. The van der Waals surface area contributed by atoms with Gasteiger partial charge < -0.3 is 9.47 Å². The summed E-state index contributed by atoms with van der Waals surface area (Å²) in [4.78, 5) is -0.172. The third kappa shape index (κ3) is 3.81. The number of alkyl halides is 3. The predicted octanol–water partition coefficient (Wildman–Crippen LogP) is 4.25. The van der Waals surface area contributed by atoms with Gasteiger partial charge in [-0.1, -0.05) is 0 Å². The maximum Gasteiger partial charge on any atom is 0.416 e. The molecule has 2 aromatic rings. The second-order valence-electron chi connectivity index (χ2n) is 6.40. The molecule has 1 saturated heterocycles. The Bertz CT molecular complexity index is 943. The lowest BCUT2D eigenvalue weighted by atomic mass is 10.0. The summed E-state index contributed by atoms with van der Waals surface area (Å²) in [6.45, 7) is 0.272. The summed E-state index contributed by atoms with van der Waals surface area (Å²) in [6.07, 6.45) is -3.32. The van der Waals surface area contributed by atoms with Gasteiger partial charge in [0.1, 0.15) is 11.5 Å². The van der Waals surface area contributed by atoms with Gasteiger partial charge in [-0.05, 0) is 55.3 Å². The number of hydrogen-bond donors (Lipinski definition) is 0. The molecule has 5 nitrogen and oxygen atoms in total. The van der Waals surface area contributed by atoms with Crippen molar-refractivity contribution in [2.45, 2.75) is 30.0 Å². The molecule has 3 rings (SSSR count). The van der Waals surface area contributed by atoms with Crippen molar-refractivity contribution in [1.29, 1.82) is 0 Å². The number of hydrogen-bond acceptors (Lipinski definition) is 4. The van der Waals surface area contributed by atoms with Gasteiger partial charge >= 0.3 is 6.18 Å². The topological polar surface area (TPSA) is 55.8 Å². The van der Waals surface area contributed by atoms with Crippen molar-refractivity contribution >= 4 is 10.0 Å². The lowest BCUT2D eigenvalue weighted by Crippen LogP contribution is -2.31. The minimum Gasteiger partial charge on any atom is -0.497 e. The van der Waals surface area contributed by atoms with E-state index >= 15 is 0 Å². The Morgan fingerprint density at radius 3 is 2.29 bits per heavy atom. The number of halogens is 3.